The van der Waals surface area contributed by atoms with Gasteiger partial charge in [-0.15, -0.1) is 0 Å². The number of nitrogens with one attached hydrogen (secondary N) is 1. The van der Waals surface area contributed by atoms with Crippen LogP contribution in [0.15, 0.2) is 24.3 Å². The molecule has 0 saturated heterocycles. The first-order valence-electron chi connectivity index (χ1n) is 5.46. The van der Waals surface area contributed by atoms with Crippen LogP contribution in [0.2, 0.25) is 0 Å². The Bertz CT molecular complexity index is 392. The van der Waals surface area contributed by atoms with Crippen molar-refractivity contribution in [2.45, 2.75) is 12.5 Å². The molecule has 0 aromatic heterocycles. The number of fused-ring (bicyclic) bond motifs is 1. The van der Waals surface area contributed by atoms with Crippen LogP contribution in [0.1, 0.15) is 18.0 Å². The van der Waals surface area contributed by atoms with Gasteiger partial charge in [-0.05, 0) is 19.0 Å². The lowest BCUT2D eigenvalue weighted by molar-refractivity contribution is -0.119. The highest BCUT2D eigenvalue weighted by Crippen LogP contribution is 2.34. The largest absolute Gasteiger partial charge is 0.396 e. The van der Waals surface area contributed by atoms with Crippen molar-refractivity contribution in [3.8, 4) is 0 Å². The van der Waals surface area contributed by atoms with Gasteiger partial charge in [-0.1, -0.05) is 18.2 Å². The number of carbonyl (C=O) groups is 1. The molecule has 0 saturated carbocycles. The van der Waals surface area contributed by atoms with Gasteiger partial charge in [0.25, 0.3) is 0 Å². The van der Waals surface area contributed by atoms with Gasteiger partial charge >= 0.3 is 0 Å². The van der Waals surface area contributed by atoms with Crippen LogP contribution in [-0.2, 0) is 4.79 Å². The van der Waals surface area contributed by atoms with Gasteiger partial charge < -0.3 is 15.3 Å². The maximum atomic E-state index is 12.0. The van der Waals surface area contributed by atoms with Crippen molar-refractivity contribution in [1.29, 1.82) is 0 Å². The second kappa shape index (κ2) is 4.63. The first kappa shape index (κ1) is 11.1. The Morgan fingerprint density at radius 1 is 1.44 bits per heavy atom. The Morgan fingerprint density at radius 3 is 2.94 bits per heavy atom. The van der Waals surface area contributed by atoms with Crippen LogP contribution < -0.4 is 10.2 Å². The molecule has 0 bridgehead atoms. The Labute approximate surface area is 94.9 Å². The van der Waals surface area contributed by atoms with Gasteiger partial charge in [0.05, 0.1) is 0 Å². The number of nitrogens with zero attached hydrogens (tertiary/aromatic N) is 1. The van der Waals surface area contributed by atoms with E-state index < -0.39 is 0 Å². The third-order valence-electron chi connectivity index (χ3n) is 2.87. The van der Waals surface area contributed by atoms with Gasteiger partial charge in [-0.25, -0.2) is 0 Å². The number of amides is 1. The minimum Gasteiger partial charge on any atom is -0.396 e. The summed E-state index contributed by atoms with van der Waals surface area (Å²) in [5, 5.41) is 11.9. The number of anilines is 1. The molecular formula is C12H16N2O2. The molecular weight excluding hydrogens is 204 g/mol. The van der Waals surface area contributed by atoms with Crippen LogP contribution in [0.25, 0.3) is 0 Å². The molecule has 1 aliphatic heterocycles. The molecule has 1 amide bonds. The molecule has 1 aliphatic rings. The van der Waals surface area contributed by atoms with Crippen molar-refractivity contribution in [2.75, 3.05) is 25.1 Å². The van der Waals surface area contributed by atoms with Gasteiger partial charge in [-0.3, -0.25) is 4.79 Å². The molecule has 0 fully saturated rings. The standard InChI is InChI=1S/C12H16N2O2/c1-14-10-6-3-2-5-9(10)11(12(14)16)13-7-4-8-15/h2-3,5-6,11,13,15H,4,7-8H2,1H3. The summed E-state index contributed by atoms with van der Waals surface area (Å²) in [6, 6.07) is 7.52. The summed E-state index contributed by atoms with van der Waals surface area (Å²) in [6.07, 6.45) is 0.662. The van der Waals surface area contributed by atoms with E-state index in [1.54, 1.807) is 11.9 Å². The summed E-state index contributed by atoms with van der Waals surface area (Å²) < 4.78 is 0. The minimum absolute atomic E-state index is 0.0686. The molecule has 0 spiro atoms. The quantitative estimate of drug-likeness (QED) is 0.733. The van der Waals surface area contributed by atoms with Crippen molar-refractivity contribution < 1.29 is 9.90 Å². The fourth-order valence-corrected chi connectivity index (χ4v) is 2.01. The molecule has 1 unspecified atom stereocenters. The zero-order valence-electron chi connectivity index (χ0n) is 9.31. The highest BCUT2D eigenvalue weighted by Gasteiger charge is 2.33. The Morgan fingerprint density at radius 2 is 2.19 bits per heavy atom. The normalized spacial score (nSPS) is 19.0. The number of para-hydroxylation sites is 1. The van der Waals surface area contributed by atoms with E-state index in [9.17, 15) is 4.79 Å². The molecule has 1 aromatic carbocycles. The third-order valence-corrected chi connectivity index (χ3v) is 2.87. The highest BCUT2D eigenvalue weighted by atomic mass is 16.3. The van der Waals surface area contributed by atoms with Crippen molar-refractivity contribution in [3.63, 3.8) is 0 Å². The Hall–Kier alpha value is -1.39. The van der Waals surface area contributed by atoms with Gasteiger partial charge in [-0.2, -0.15) is 0 Å². The predicted molar refractivity (Wildman–Crippen MR) is 62.3 cm³/mol. The molecule has 2 rings (SSSR count). The highest BCUT2D eigenvalue weighted by molar-refractivity contribution is 6.04. The lowest BCUT2D eigenvalue weighted by atomic mass is 10.1. The number of aliphatic hydroxyl groups is 1. The summed E-state index contributed by atoms with van der Waals surface area (Å²) in [6.45, 7) is 0.792. The predicted octanol–water partition coefficient (Wildman–Crippen LogP) is 0.676. The number of rotatable bonds is 4. The Balaban J connectivity index is 2.17. The smallest absolute Gasteiger partial charge is 0.248 e. The zero-order chi connectivity index (χ0) is 11.5. The topological polar surface area (TPSA) is 52.6 Å². The van der Waals surface area contributed by atoms with E-state index in [1.807, 2.05) is 24.3 Å². The molecule has 86 valence electrons. The summed E-state index contributed by atoms with van der Waals surface area (Å²) in [7, 11) is 1.79. The van der Waals surface area contributed by atoms with Crippen molar-refractivity contribution in [2.24, 2.45) is 0 Å². The van der Waals surface area contributed by atoms with E-state index >= 15 is 0 Å². The van der Waals surface area contributed by atoms with Gasteiger partial charge in [0, 0.05) is 24.9 Å². The minimum atomic E-state index is -0.257. The summed E-state index contributed by atoms with van der Waals surface area (Å²) in [5.41, 5.74) is 1.99. The number of benzene rings is 1. The molecule has 4 heteroatoms. The van der Waals surface area contributed by atoms with E-state index in [0.717, 1.165) is 11.3 Å². The third kappa shape index (κ3) is 1.81. The van der Waals surface area contributed by atoms with E-state index in [0.29, 0.717) is 13.0 Å². The van der Waals surface area contributed by atoms with E-state index in [1.165, 1.54) is 0 Å². The van der Waals surface area contributed by atoms with Crippen LogP contribution in [0.3, 0.4) is 0 Å². The molecule has 0 radical (unpaired) electrons. The fraction of sp³-hybridized carbons (Fsp3) is 0.417. The molecule has 1 heterocycles. The number of aliphatic hydroxyl groups excluding tert-OH is 1. The van der Waals surface area contributed by atoms with E-state index in [2.05, 4.69) is 5.32 Å². The van der Waals surface area contributed by atoms with Crippen LogP contribution in [0, 0.1) is 0 Å². The molecule has 1 aromatic rings. The number of carbonyl (C=O) groups excluding carboxylic acids is 1. The Kier molecular flexibility index (Phi) is 3.22. The average Bonchev–Trinajstić information content (AvgIpc) is 2.55. The average molecular weight is 220 g/mol. The monoisotopic (exact) mass is 220 g/mol. The lowest BCUT2D eigenvalue weighted by Gasteiger charge is -2.12. The van der Waals surface area contributed by atoms with Crippen molar-refractivity contribution >= 4 is 11.6 Å². The van der Waals surface area contributed by atoms with Crippen LogP contribution >= 0.6 is 0 Å². The molecule has 1 atom stereocenters. The SMILES string of the molecule is CN1C(=O)C(NCCCO)c2ccccc21. The molecule has 4 nitrogen and oxygen atoms in total. The second-order valence-electron chi connectivity index (χ2n) is 3.92. The van der Waals surface area contributed by atoms with E-state index in [-0.39, 0.29) is 18.6 Å². The molecule has 16 heavy (non-hydrogen) atoms. The van der Waals surface area contributed by atoms with Crippen molar-refractivity contribution in [3.05, 3.63) is 29.8 Å². The van der Waals surface area contributed by atoms with Gasteiger partial charge in [0.15, 0.2) is 0 Å². The van der Waals surface area contributed by atoms with E-state index in [4.69, 9.17) is 5.11 Å². The van der Waals surface area contributed by atoms with Crippen LogP contribution in [-0.4, -0.2) is 31.2 Å². The maximum absolute atomic E-state index is 12.0. The number of hydrogen-bond acceptors (Lipinski definition) is 3. The zero-order valence-corrected chi connectivity index (χ0v) is 9.31. The summed E-state index contributed by atoms with van der Waals surface area (Å²) >= 11 is 0. The van der Waals surface area contributed by atoms with Crippen LogP contribution in [0.5, 0.6) is 0 Å². The van der Waals surface area contributed by atoms with Gasteiger partial charge in [0.2, 0.25) is 5.91 Å². The maximum Gasteiger partial charge on any atom is 0.248 e. The first-order valence-corrected chi connectivity index (χ1v) is 5.46. The molecule has 2 N–H and O–H groups in total. The van der Waals surface area contributed by atoms with Gasteiger partial charge in [0.1, 0.15) is 6.04 Å². The number of hydrogen-bond donors (Lipinski definition) is 2. The van der Waals surface area contributed by atoms with Crippen molar-refractivity contribution in [1.82, 2.24) is 5.32 Å². The summed E-state index contributed by atoms with van der Waals surface area (Å²) in [4.78, 5) is 13.6. The molecule has 0 aliphatic carbocycles. The first-order chi connectivity index (χ1) is 7.75. The number of likely N-dealkylation sites (N-methyl/N-ethyl adjacent to an activating group) is 1. The summed E-state index contributed by atoms with van der Waals surface area (Å²) in [5.74, 6) is 0.0686. The van der Waals surface area contributed by atoms with Crippen LogP contribution in [0.4, 0.5) is 5.69 Å². The lowest BCUT2D eigenvalue weighted by Crippen LogP contribution is -2.33. The fourth-order valence-electron chi connectivity index (χ4n) is 2.01. The second-order valence-corrected chi connectivity index (χ2v) is 3.92.